The molecule has 140 valence electrons. The van der Waals surface area contributed by atoms with Crippen LogP contribution in [0.2, 0.25) is 0 Å². The number of amides is 1. The van der Waals surface area contributed by atoms with E-state index in [1.54, 1.807) is 30.3 Å². The smallest absolute Gasteiger partial charge is 0.287 e. The first-order valence-corrected chi connectivity index (χ1v) is 10.4. The molecule has 0 aliphatic heterocycles. The Bertz CT molecular complexity index is 979. The van der Waals surface area contributed by atoms with Crippen molar-refractivity contribution >= 4 is 15.7 Å². The highest BCUT2D eigenvalue weighted by Gasteiger charge is 2.22. The molecule has 6 heteroatoms. The SMILES string of the molecule is O=C(NCCCc1ccccc1)c1occc1CS(=O)(=O)c1ccccc1. The van der Waals surface area contributed by atoms with Crippen molar-refractivity contribution in [1.82, 2.24) is 5.32 Å². The molecule has 1 amide bonds. The van der Waals surface area contributed by atoms with Gasteiger partial charge in [0, 0.05) is 12.1 Å². The summed E-state index contributed by atoms with van der Waals surface area (Å²) in [6.45, 7) is 0.485. The maximum Gasteiger partial charge on any atom is 0.287 e. The number of nitrogens with one attached hydrogen (secondary N) is 1. The number of carbonyl (C=O) groups excluding carboxylic acids is 1. The van der Waals surface area contributed by atoms with Crippen molar-refractivity contribution in [3.63, 3.8) is 0 Å². The van der Waals surface area contributed by atoms with Gasteiger partial charge in [0.25, 0.3) is 5.91 Å². The summed E-state index contributed by atoms with van der Waals surface area (Å²) < 4.78 is 30.3. The van der Waals surface area contributed by atoms with Crippen LogP contribution in [-0.2, 0) is 22.0 Å². The van der Waals surface area contributed by atoms with Crippen molar-refractivity contribution in [3.05, 3.63) is 89.9 Å². The molecule has 5 nitrogen and oxygen atoms in total. The number of hydrogen-bond acceptors (Lipinski definition) is 4. The zero-order chi connectivity index (χ0) is 19.1. The Morgan fingerprint density at radius 2 is 1.59 bits per heavy atom. The van der Waals surface area contributed by atoms with E-state index in [-0.39, 0.29) is 16.4 Å². The second-order valence-electron chi connectivity index (χ2n) is 6.19. The van der Waals surface area contributed by atoms with Crippen molar-refractivity contribution in [1.29, 1.82) is 0 Å². The first-order chi connectivity index (χ1) is 13.1. The van der Waals surface area contributed by atoms with Crippen molar-refractivity contribution in [2.45, 2.75) is 23.5 Å². The lowest BCUT2D eigenvalue weighted by Crippen LogP contribution is -2.25. The summed E-state index contributed by atoms with van der Waals surface area (Å²) in [5.41, 5.74) is 1.57. The Hall–Kier alpha value is -2.86. The summed E-state index contributed by atoms with van der Waals surface area (Å²) in [6, 6.07) is 19.7. The molecule has 27 heavy (non-hydrogen) atoms. The quantitative estimate of drug-likeness (QED) is 0.603. The lowest BCUT2D eigenvalue weighted by Gasteiger charge is -2.07. The molecular formula is C21H21NO4S. The molecule has 0 aliphatic carbocycles. The van der Waals surface area contributed by atoms with Gasteiger partial charge in [-0.1, -0.05) is 48.5 Å². The summed E-state index contributed by atoms with van der Waals surface area (Å²) >= 11 is 0. The van der Waals surface area contributed by atoms with E-state index in [9.17, 15) is 13.2 Å². The molecule has 1 heterocycles. The number of sulfone groups is 1. The number of furan rings is 1. The average molecular weight is 383 g/mol. The van der Waals surface area contributed by atoms with Crippen LogP contribution in [0.5, 0.6) is 0 Å². The Morgan fingerprint density at radius 1 is 0.926 bits per heavy atom. The van der Waals surface area contributed by atoms with E-state index in [1.165, 1.54) is 17.9 Å². The van der Waals surface area contributed by atoms with E-state index in [2.05, 4.69) is 5.32 Å². The van der Waals surface area contributed by atoms with Gasteiger partial charge in [0.05, 0.1) is 16.9 Å². The fourth-order valence-corrected chi connectivity index (χ4v) is 4.16. The maximum absolute atomic E-state index is 12.5. The second-order valence-corrected chi connectivity index (χ2v) is 8.18. The molecule has 1 aromatic heterocycles. The van der Waals surface area contributed by atoms with Crippen LogP contribution in [-0.4, -0.2) is 20.9 Å². The minimum atomic E-state index is -3.54. The summed E-state index contributed by atoms with van der Waals surface area (Å²) in [7, 11) is -3.54. The van der Waals surface area contributed by atoms with E-state index in [0.29, 0.717) is 12.1 Å². The normalized spacial score (nSPS) is 11.3. The molecule has 3 aromatic rings. The number of carbonyl (C=O) groups is 1. The van der Waals surface area contributed by atoms with Crippen LogP contribution in [0.25, 0.3) is 0 Å². The summed E-state index contributed by atoms with van der Waals surface area (Å²) in [5, 5.41) is 2.79. The van der Waals surface area contributed by atoms with Gasteiger partial charge in [-0.05, 0) is 36.6 Å². The summed E-state index contributed by atoms with van der Waals surface area (Å²) in [6.07, 6.45) is 2.98. The van der Waals surface area contributed by atoms with Crippen LogP contribution < -0.4 is 5.32 Å². The topological polar surface area (TPSA) is 76.4 Å². The Kier molecular flexibility index (Phi) is 6.08. The maximum atomic E-state index is 12.5. The minimum Gasteiger partial charge on any atom is -0.459 e. The molecular weight excluding hydrogens is 362 g/mol. The molecule has 0 radical (unpaired) electrons. The molecule has 0 aliphatic rings. The van der Waals surface area contributed by atoms with Crippen molar-refractivity contribution in [3.8, 4) is 0 Å². The Labute approximate surface area is 159 Å². The summed E-state index contributed by atoms with van der Waals surface area (Å²) in [5.74, 6) is -0.624. The van der Waals surface area contributed by atoms with Gasteiger partial charge in [0.1, 0.15) is 0 Å². The van der Waals surface area contributed by atoms with Gasteiger partial charge >= 0.3 is 0 Å². The zero-order valence-electron chi connectivity index (χ0n) is 14.8. The van der Waals surface area contributed by atoms with Gasteiger partial charge in [0.2, 0.25) is 0 Å². The lowest BCUT2D eigenvalue weighted by atomic mass is 10.1. The molecule has 1 N–H and O–H groups in total. The van der Waals surface area contributed by atoms with Crippen LogP contribution in [0, 0.1) is 0 Å². The third-order valence-corrected chi connectivity index (χ3v) is 5.85. The van der Waals surface area contributed by atoms with Crippen molar-refractivity contribution in [2.24, 2.45) is 0 Å². The molecule has 0 saturated carbocycles. The monoisotopic (exact) mass is 383 g/mol. The highest BCUT2D eigenvalue weighted by atomic mass is 32.2. The fourth-order valence-electron chi connectivity index (χ4n) is 2.78. The van der Waals surface area contributed by atoms with Crippen LogP contribution >= 0.6 is 0 Å². The van der Waals surface area contributed by atoms with Gasteiger partial charge in [-0.3, -0.25) is 4.79 Å². The van der Waals surface area contributed by atoms with E-state index in [4.69, 9.17) is 4.42 Å². The average Bonchev–Trinajstić information content (AvgIpc) is 3.14. The molecule has 2 aromatic carbocycles. The number of hydrogen-bond donors (Lipinski definition) is 1. The number of benzene rings is 2. The molecule has 0 spiro atoms. The second kappa shape index (κ2) is 8.68. The lowest BCUT2D eigenvalue weighted by molar-refractivity contribution is 0.0924. The van der Waals surface area contributed by atoms with Crippen LogP contribution in [0.3, 0.4) is 0 Å². The third kappa shape index (κ3) is 5.08. The molecule has 0 saturated heterocycles. The van der Waals surface area contributed by atoms with E-state index < -0.39 is 15.7 Å². The molecule has 0 atom stereocenters. The largest absolute Gasteiger partial charge is 0.459 e. The molecule has 3 rings (SSSR count). The van der Waals surface area contributed by atoms with Crippen molar-refractivity contribution < 1.29 is 17.6 Å². The number of aryl methyl sites for hydroxylation is 1. The van der Waals surface area contributed by atoms with E-state index >= 15 is 0 Å². The van der Waals surface area contributed by atoms with E-state index in [1.807, 2.05) is 30.3 Å². The highest BCUT2D eigenvalue weighted by molar-refractivity contribution is 7.90. The van der Waals surface area contributed by atoms with Crippen molar-refractivity contribution in [2.75, 3.05) is 6.54 Å². The summed E-state index contributed by atoms with van der Waals surface area (Å²) in [4.78, 5) is 12.6. The van der Waals surface area contributed by atoms with Crippen LogP contribution in [0.1, 0.15) is 28.1 Å². The van der Waals surface area contributed by atoms with E-state index in [0.717, 1.165) is 12.8 Å². The Balaban J connectivity index is 1.58. The Morgan fingerprint density at radius 3 is 2.30 bits per heavy atom. The van der Waals surface area contributed by atoms with Gasteiger partial charge in [-0.25, -0.2) is 8.42 Å². The van der Waals surface area contributed by atoms with Crippen LogP contribution in [0.15, 0.2) is 82.3 Å². The standard InChI is InChI=1S/C21H21NO4S/c23-21(22-14-7-10-17-8-3-1-4-9-17)20-18(13-15-26-20)16-27(24,25)19-11-5-2-6-12-19/h1-6,8-9,11-13,15H,7,10,14,16H2,(H,22,23). The van der Waals surface area contributed by atoms with Gasteiger partial charge in [-0.15, -0.1) is 0 Å². The van der Waals surface area contributed by atoms with Gasteiger partial charge in [0.15, 0.2) is 15.6 Å². The first-order valence-electron chi connectivity index (χ1n) is 8.72. The first kappa shape index (κ1) is 18.9. The zero-order valence-corrected chi connectivity index (χ0v) is 15.6. The minimum absolute atomic E-state index is 0.0502. The van der Waals surface area contributed by atoms with Gasteiger partial charge in [-0.2, -0.15) is 0 Å². The highest BCUT2D eigenvalue weighted by Crippen LogP contribution is 2.19. The molecule has 0 unspecified atom stereocenters. The fraction of sp³-hybridized carbons (Fsp3) is 0.190. The van der Waals surface area contributed by atoms with Crippen LogP contribution in [0.4, 0.5) is 0 Å². The van der Waals surface area contributed by atoms with Gasteiger partial charge < -0.3 is 9.73 Å². The molecule has 0 fully saturated rings. The molecule has 0 bridgehead atoms. The number of rotatable bonds is 8. The predicted octanol–water partition coefficient (Wildman–Crippen LogP) is 3.62. The third-order valence-electron chi connectivity index (χ3n) is 4.17. The predicted molar refractivity (Wildman–Crippen MR) is 103 cm³/mol.